The van der Waals surface area contributed by atoms with Crippen LogP contribution in [0.5, 0.6) is 17.2 Å². The molecule has 1 aliphatic rings. The normalized spacial score (nSPS) is 13.4. The molecule has 31 heavy (non-hydrogen) atoms. The summed E-state index contributed by atoms with van der Waals surface area (Å²) in [6.07, 6.45) is 0.875. The molecule has 0 saturated carbocycles. The Labute approximate surface area is 182 Å². The molecule has 1 aliphatic heterocycles. The molecule has 3 rings (SSSR count). The number of hydrogen-bond donors (Lipinski definition) is 0. The first-order chi connectivity index (χ1) is 15.0. The van der Waals surface area contributed by atoms with Gasteiger partial charge < -0.3 is 23.8 Å². The summed E-state index contributed by atoms with van der Waals surface area (Å²) in [5.74, 6) is 1.35. The second-order valence-corrected chi connectivity index (χ2v) is 7.06. The highest BCUT2D eigenvalue weighted by molar-refractivity contribution is 5.94. The van der Waals surface area contributed by atoms with Crippen LogP contribution in [0.3, 0.4) is 0 Å². The van der Waals surface area contributed by atoms with E-state index in [1.54, 1.807) is 35.1 Å². The summed E-state index contributed by atoms with van der Waals surface area (Å²) >= 11 is 0. The van der Waals surface area contributed by atoms with Gasteiger partial charge in [0.1, 0.15) is 5.75 Å². The number of benzene rings is 2. The predicted molar refractivity (Wildman–Crippen MR) is 116 cm³/mol. The van der Waals surface area contributed by atoms with E-state index in [4.69, 9.17) is 18.9 Å². The Morgan fingerprint density at radius 3 is 2.42 bits per heavy atom. The van der Waals surface area contributed by atoms with Crippen molar-refractivity contribution >= 4 is 17.7 Å². The van der Waals surface area contributed by atoms with Crippen LogP contribution >= 0.6 is 0 Å². The summed E-state index contributed by atoms with van der Waals surface area (Å²) in [5, 5.41) is 0. The lowest BCUT2D eigenvalue weighted by atomic mass is 10.1. The van der Waals surface area contributed by atoms with Crippen LogP contribution in [0.4, 0.5) is 10.5 Å². The molecule has 0 aliphatic carbocycles. The van der Waals surface area contributed by atoms with Crippen molar-refractivity contribution in [2.75, 3.05) is 45.9 Å². The number of ether oxygens (including phenoxy) is 4. The van der Waals surface area contributed by atoms with Crippen LogP contribution < -0.4 is 19.1 Å². The fourth-order valence-electron chi connectivity index (χ4n) is 3.45. The molecule has 166 valence electrons. The standard InChI is InChI=1S/C23H28N2O6/c1-5-12-31-21-14-18(8-9-19(21)28-2)25-11-10-24(23(25)27)15-17-7-6-16(22(26)30-4)13-20(17)29-3/h6-9,13-14H,5,10-12,15H2,1-4H3. The summed E-state index contributed by atoms with van der Waals surface area (Å²) in [5.41, 5.74) is 1.97. The first-order valence-corrected chi connectivity index (χ1v) is 10.1. The molecule has 0 radical (unpaired) electrons. The van der Waals surface area contributed by atoms with Crippen LogP contribution in [0, 0.1) is 0 Å². The number of nitrogens with zero attached hydrogens (tertiary/aromatic N) is 2. The predicted octanol–water partition coefficient (Wildman–Crippen LogP) is 3.72. The van der Waals surface area contributed by atoms with Gasteiger partial charge >= 0.3 is 12.0 Å². The van der Waals surface area contributed by atoms with Gasteiger partial charge in [0, 0.05) is 30.4 Å². The molecule has 0 aromatic heterocycles. The van der Waals surface area contributed by atoms with Gasteiger partial charge in [-0.3, -0.25) is 4.90 Å². The maximum Gasteiger partial charge on any atom is 0.337 e. The van der Waals surface area contributed by atoms with Gasteiger partial charge in [-0.1, -0.05) is 13.0 Å². The van der Waals surface area contributed by atoms with Crippen LogP contribution in [-0.4, -0.2) is 57.9 Å². The molecule has 8 nitrogen and oxygen atoms in total. The molecular weight excluding hydrogens is 400 g/mol. The first-order valence-electron chi connectivity index (χ1n) is 10.1. The lowest BCUT2D eigenvalue weighted by molar-refractivity contribution is 0.0600. The van der Waals surface area contributed by atoms with Crippen molar-refractivity contribution in [3.05, 3.63) is 47.5 Å². The van der Waals surface area contributed by atoms with Crippen molar-refractivity contribution in [2.24, 2.45) is 0 Å². The zero-order chi connectivity index (χ0) is 22.4. The number of esters is 1. The second kappa shape index (κ2) is 10.1. The number of hydrogen-bond acceptors (Lipinski definition) is 6. The summed E-state index contributed by atoms with van der Waals surface area (Å²) < 4.78 is 21.3. The Morgan fingerprint density at radius 2 is 1.74 bits per heavy atom. The third-order valence-corrected chi connectivity index (χ3v) is 5.08. The number of carbonyl (C=O) groups is 2. The van der Waals surface area contributed by atoms with E-state index < -0.39 is 5.97 Å². The highest BCUT2D eigenvalue weighted by Crippen LogP contribution is 2.34. The maximum atomic E-state index is 13.1. The van der Waals surface area contributed by atoms with Crippen LogP contribution in [0.1, 0.15) is 29.3 Å². The first kappa shape index (κ1) is 22.3. The van der Waals surface area contributed by atoms with E-state index in [-0.39, 0.29) is 6.03 Å². The highest BCUT2D eigenvalue weighted by Gasteiger charge is 2.31. The molecule has 0 N–H and O–H groups in total. The SMILES string of the molecule is CCCOc1cc(N2CCN(Cc3ccc(C(=O)OC)cc3OC)C2=O)ccc1OC. The summed E-state index contributed by atoms with van der Waals surface area (Å²) in [6.45, 7) is 4.10. The largest absolute Gasteiger partial charge is 0.496 e. The summed E-state index contributed by atoms with van der Waals surface area (Å²) in [7, 11) is 4.46. The molecule has 0 spiro atoms. The van der Waals surface area contributed by atoms with Crippen molar-refractivity contribution in [3.63, 3.8) is 0 Å². The molecule has 2 aromatic carbocycles. The van der Waals surface area contributed by atoms with E-state index in [1.807, 2.05) is 25.1 Å². The van der Waals surface area contributed by atoms with E-state index in [2.05, 4.69) is 0 Å². The Balaban J connectivity index is 1.77. The van der Waals surface area contributed by atoms with Gasteiger partial charge in [-0.15, -0.1) is 0 Å². The van der Waals surface area contributed by atoms with Crippen molar-refractivity contribution in [3.8, 4) is 17.2 Å². The summed E-state index contributed by atoms with van der Waals surface area (Å²) in [6, 6.07) is 10.5. The molecule has 8 heteroatoms. The Bertz CT molecular complexity index is 946. The highest BCUT2D eigenvalue weighted by atomic mass is 16.5. The molecule has 2 aromatic rings. The average molecular weight is 428 g/mol. The molecular formula is C23H28N2O6. The number of urea groups is 1. The Kier molecular flexibility index (Phi) is 7.23. The second-order valence-electron chi connectivity index (χ2n) is 7.06. The van der Waals surface area contributed by atoms with Crippen LogP contribution in [-0.2, 0) is 11.3 Å². The molecule has 0 bridgehead atoms. The maximum absolute atomic E-state index is 13.1. The van der Waals surface area contributed by atoms with Crippen LogP contribution in [0.25, 0.3) is 0 Å². The fourth-order valence-corrected chi connectivity index (χ4v) is 3.45. The van der Waals surface area contributed by atoms with Crippen molar-refractivity contribution in [1.29, 1.82) is 0 Å². The number of methoxy groups -OCH3 is 3. The van der Waals surface area contributed by atoms with Crippen molar-refractivity contribution in [1.82, 2.24) is 4.90 Å². The van der Waals surface area contributed by atoms with Gasteiger partial charge in [-0.25, -0.2) is 9.59 Å². The van der Waals surface area contributed by atoms with E-state index in [9.17, 15) is 9.59 Å². The van der Waals surface area contributed by atoms with Gasteiger partial charge in [0.15, 0.2) is 11.5 Å². The van der Waals surface area contributed by atoms with Crippen molar-refractivity contribution in [2.45, 2.75) is 19.9 Å². The molecule has 0 unspecified atom stereocenters. The number of anilines is 1. The monoisotopic (exact) mass is 428 g/mol. The Morgan fingerprint density at radius 1 is 0.968 bits per heavy atom. The third-order valence-electron chi connectivity index (χ3n) is 5.08. The van der Waals surface area contributed by atoms with Gasteiger partial charge in [-0.2, -0.15) is 0 Å². The van der Waals surface area contributed by atoms with Crippen LogP contribution in [0.15, 0.2) is 36.4 Å². The fraction of sp³-hybridized carbons (Fsp3) is 0.391. The number of rotatable bonds is 9. The molecule has 1 saturated heterocycles. The lowest BCUT2D eigenvalue weighted by Gasteiger charge is -2.21. The number of amides is 2. The summed E-state index contributed by atoms with van der Waals surface area (Å²) in [4.78, 5) is 28.3. The molecule has 2 amide bonds. The minimum Gasteiger partial charge on any atom is -0.496 e. The third kappa shape index (κ3) is 4.84. The van der Waals surface area contributed by atoms with Gasteiger partial charge in [-0.05, 0) is 30.7 Å². The smallest absolute Gasteiger partial charge is 0.337 e. The van der Waals surface area contributed by atoms with Gasteiger partial charge in [0.25, 0.3) is 0 Å². The minimum absolute atomic E-state index is 0.106. The van der Waals surface area contributed by atoms with Crippen LogP contribution in [0.2, 0.25) is 0 Å². The van der Waals surface area contributed by atoms with Crippen molar-refractivity contribution < 1.29 is 28.5 Å². The quantitative estimate of drug-likeness (QED) is 0.567. The lowest BCUT2D eigenvalue weighted by Crippen LogP contribution is -2.31. The van der Waals surface area contributed by atoms with E-state index in [0.717, 1.165) is 17.7 Å². The minimum atomic E-state index is -0.436. The van der Waals surface area contributed by atoms with Gasteiger partial charge in [0.2, 0.25) is 0 Å². The van der Waals surface area contributed by atoms with Gasteiger partial charge in [0.05, 0.1) is 40.0 Å². The molecule has 1 heterocycles. The topological polar surface area (TPSA) is 77.5 Å². The van der Waals surface area contributed by atoms with E-state index >= 15 is 0 Å². The zero-order valence-corrected chi connectivity index (χ0v) is 18.3. The average Bonchev–Trinajstić information content (AvgIpc) is 3.17. The zero-order valence-electron chi connectivity index (χ0n) is 18.3. The number of carbonyl (C=O) groups excluding carboxylic acids is 2. The molecule has 0 atom stereocenters. The Hall–Kier alpha value is -3.42. The van der Waals surface area contributed by atoms with E-state index in [1.165, 1.54) is 14.2 Å². The molecule has 1 fully saturated rings. The van der Waals surface area contributed by atoms with E-state index in [0.29, 0.717) is 49.1 Å².